The van der Waals surface area contributed by atoms with Gasteiger partial charge in [0.1, 0.15) is 11.5 Å². The van der Waals surface area contributed by atoms with E-state index in [4.69, 9.17) is 9.15 Å². The molecule has 0 aliphatic carbocycles. The van der Waals surface area contributed by atoms with Crippen molar-refractivity contribution in [3.05, 3.63) is 41.9 Å². The van der Waals surface area contributed by atoms with Gasteiger partial charge in [-0.1, -0.05) is 0 Å². The van der Waals surface area contributed by atoms with Crippen LogP contribution in [0.2, 0.25) is 0 Å². The number of imidazole rings is 1. The molecule has 0 amide bonds. The van der Waals surface area contributed by atoms with Crippen LogP contribution in [0.1, 0.15) is 17.2 Å². The van der Waals surface area contributed by atoms with Crippen LogP contribution in [-0.2, 0) is 24.4 Å². The Morgan fingerprint density at radius 3 is 2.89 bits per heavy atom. The first kappa shape index (κ1) is 13.8. The van der Waals surface area contributed by atoms with Gasteiger partial charge in [-0.2, -0.15) is 0 Å². The normalized spacial score (nSPS) is 11.4. The second-order valence-corrected chi connectivity index (χ2v) is 4.76. The third kappa shape index (κ3) is 3.94. The lowest BCUT2D eigenvalue weighted by atomic mass is 10.3. The van der Waals surface area contributed by atoms with Gasteiger partial charge in [0, 0.05) is 26.4 Å². The molecule has 0 aliphatic rings. The van der Waals surface area contributed by atoms with Crippen LogP contribution < -0.4 is 0 Å². The van der Waals surface area contributed by atoms with Crippen molar-refractivity contribution in [1.29, 1.82) is 0 Å². The van der Waals surface area contributed by atoms with Gasteiger partial charge in [0.25, 0.3) is 0 Å². The summed E-state index contributed by atoms with van der Waals surface area (Å²) in [5, 5.41) is 0. The fourth-order valence-electron chi connectivity index (χ4n) is 2.04. The van der Waals surface area contributed by atoms with Crippen LogP contribution in [0.3, 0.4) is 0 Å². The molecular formula is C14H21N3O2. The van der Waals surface area contributed by atoms with Gasteiger partial charge >= 0.3 is 0 Å². The van der Waals surface area contributed by atoms with E-state index < -0.39 is 0 Å². The van der Waals surface area contributed by atoms with Crippen LogP contribution in [0.5, 0.6) is 0 Å². The minimum atomic E-state index is 0.699. The highest BCUT2D eigenvalue weighted by molar-refractivity contribution is 5.06. The van der Waals surface area contributed by atoms with Crippen molar-refractivity contribution in [2.45, 2.75) is 26.6 Å². The van der Waals surface area contributed by atoms with Crippen molar-refractivity contribution in [2.75, 3.05) is 20.8 Å². The standard InChI is InChI=1S/C14H21N3O2/c1-12-4-5-14(19-12)10-16(2)9-13-8-15-11-17(13)6-7-18-3/h4-5,8,11H,6-7,9-10H2,1-3H3. The van der Waals surface area contributed by atoms with Crippen LogP contribution >= 0.6 is 0 Å². The van der Waals surface area contributed by atoms with E-state index in [1.165, 1.54) is 5.69 Å². The number of ether oxygens (including phenoxy) is 1. The Morgan fingerprint density at radius 1 is 1.37 bits per heavy atom. The summed E-state index contributed by atoms with van der Waals surface area (Å²) in [4.78, 5) is 6.40. The first-order valence-corrected chi connectivity index (χ1v) is 6.41. The fourth-order valence-corrected chi connectivity index (χ4v) is 2.04. The Hall–Kier alpha value is -1.59. The van der Waals surface area contributed by atoms with E-state index in [1.54, 1.807) is 7.11 Å². The van der Waals surface area contributed by atoms with E-state index in [9.17, 15) is 0 Å². The molecule has 0 bridgehead atoms. The average molecular weight is 263 g/mol. The van der Waals surface area contributed by atoms with Crippen molar-refractivity contribution >= 4 is 0 Å². The molecule has 2 aromatic heterocycles. The van der Waals surface area contributed by atoms with Crippen molar-refractivity contribution in [1.82, 2.24) is 14.5 Å². The largest absolute Gasteiger partial charge is 0.465 e. The topological polar surface area (TPSA) is 43.4 Å². The minimum absolute atomic E-state index is 0.699. The van der Waals surface area contributed by atoms with E-state index in [0.29, 0.717) is 6.61 Å². The molecule has 2 heterocycles. The summed E-state index contributed by atoms with van der Waals surface area (Å²) < 4.78 is 12.8. The summed E-state index contributed by atoms with van der Waals surface area (Å²) in [6.07, 6.45) is 3.75. The third-order valence-corrected chi connectivity index (χ3v) is 2.99. The van der Waals surface area contributed by atoms with Crippen molar-refractivity contribution in [3.63, 3.8) is 0 Å². The van der Waals surface area contributed by atoms with E-state index in [1.807, 2.05) is 31.6 Å². The van der Waals surface area contributed by atoms with Gasteiger partial charge in [0.2, 0.25) is 0 Å². The molecular weight excluding hydrogens is 242 g/mol. The van der Waals surface area contributed by atoms with E-state index in [2.05, 4.69) is 21.5 Å². The molecule has 19 heavy (non-hydrogen) atoms. The zero-order valence-corrected chi connectivity index (χ0v) is 11.8. The highest BCUT2D eigenvalue weighted by Crippen LogP contribution is 2.11. The van der Waals surface area contributed by atoms with Crippen LogP contribution in [0.4, 0.5) is 0 Å². The minimum Gasteiger partial charge on any atom is -0.465 e. The molecule has 104 valence electrons. The molecule has 5 heteroatoms. The smallest absolute Gasteiger partial charge is 0.118 e. The molecule has 0 aliphatic heterocycles. The van der Waals surface area contributed by atoms with Gasteiger partial charge in [-0.05, 0) is 26.1 Å². The predicted molar refractivity (Wildman–Crippen MR) is 72.7 cm³/mol. The lowest BCUT2D eigenvalue weighted by Gasteiger charge is -2.16. The summed E-state index contributed by atoms with van der Waals surface area (Å²) in [6.45, 7) is 5.13. The molecule has 0 N–H and O–H groups in total. The molecule has 0 unspecified atom stereocenters. The molecule has 0 saturated carbocycles. The van der Waals surface area contributed by atoms with Crippen LogP contribution in [0.15, 0.2) is 29.1 Å². The molecule has 5 nitrogen and oxygen atoms in total. The van der Waals surface area contributed by atoms with Crippen molar-refractivity contribution < 1.29 is 9.15 Å². The zero-order chi connectivity index (χ0) is 13.7. The van der Waals surface area contributed by atoms with Gasteiger partial charge < -0.3 is 13.7 Å². The number of aryl methyl sites for hydroxylation is 1. The molecule has 2 aromatic rings. The zero-order valence-electron chi connectivity index (χ0n) is 11.8. The van der Waals surface area contributed by atoms with Gasteiger partial charge in [-0.3, -0.25) is 4.90 Å². The number of aromatic nitrogens is 2. The van der Waals surface area contributed by atoms with Gasteiger partial charge in [0.05, 0.1) is 25.2 Å². The Morgan fingerprint density at radius 2 is 2.21 bits per heavy atom. The molecule has 0 spiro atoms. The first-order chi connectivity index (χ1) is 9.19. The summed E-state index contributed by atoms with van der Waals surface area (Å²) in [5.41, 5.74) is 1.18. The maximum absolute atomic E-state index is 5.58. The SMILES string of the molecule is COCCn1cncc1CN(C)Cc1ccc(C)o1. The second kappa shape index (κ2) is 6.54. The van der Waals surface area contributed by atoms with Crippen molar-refractivity contribution in [3.8, 4) is 0 Å². The highest BCUT2D eigenvalue weighted by Gasteiger charge is 2.08. The quantitative estimate of drug-likeness (QED) is 0.767. The number of rotatable bonds is 7. The molecule has 0 atom stereocenters. The summed E-state index contributed by atoms with van der Waals surface area (Å²) in [6, 6.07) is 4.01. The van der Waals surface area contributed by atoms with Crippen LogP contribution in [0.25, 0.3) is 0 Å². The average Bonchev–Trinajstić information content (AvgIpc) is 2.96. The lowest BCUT2D eigenvalue weighted by molar-refractivity contribution is 0.184. The van der Waals surface area contributed by atoms with E-state index >= 15 is 0 Å². The Kier molecular flexibility index (Phi) is 4.76. The van der Waals surface area contributed by atoms with E-state index in [0.717, 1.165) is 31.2 Å². The molecule has 0 fully saturated rings. The first-order valence-electron chi connectivity index (χ1n) is 6.41. The predicted octanol–water partition coefficient (Wildman–Crippen LogP) is 2.06. The number of furan rings is 1. The second-order valence-electron chi connectivity index (χ2n) is 4.76. The maximum atomic E-state index is 5.58. The van der Waals surface area contributed by atoms with Gasteiger partial charge in [0.15, 0.2) is 0 Å². The summed E-state index contributed by atoms with van der Waals surface area (Å²) >= 11 is 0. The Bertz CT molecular complexity index is 504. The third-order valence-electron chi connectivity index (χ3n) is 2.99. The molecule has 2 rings (SSSR count). The molecule has 0 radical (unpaired) electrons. The van der Waals surface area contributed by atoms with Crippen molar-refractivity contribution in [2.24, 2.45) is 0 Å². The number of hydrogen-bond donors (Lipinski definition) is 0. The maximum Gasteiger partial charge on any atom is 0.118 e. The van der Waals surface area contributed by atoms with Gasteiger partial charge in [-0.25, -0.2) is 4.98 Å². The van der Waals surface area contributed by atoms with Gasteiger partial charge in [-0.15, -0.1) is 0 Å². The number of hydrogen-bond acceptors (Lipinski definition) is 4. The summed E-state index contributed by atoms with van der Waals surface area (Å²) in [5.74, 6) is 1.94. The van der Waals surface area contributed by atoms with Crippen LogP contribution in [-0.4, -0.2) is 35.2 Å². The summed E-state index contributed by atoms with van der Waals surface area (Å²) in [7, 11) is 3.79. The fraction of sp³-hybridized carbons (Fsp3) is 0.500. The monoisotopic (exact) mass is 263 g/mol. The lowest BCUT2D eigenvalue weighted by Crippen LogP contribution is -2.19. The Balaban J connectivity index is 1.91. The Labute approximate surface area is 113 Å². The van der Waals surface area contributed by atoms with E-state index in [-0.39, 0.29) is 0 Å². The number of methoxy groups -OCH3 is 1. The molecule has 0 saturated heterocycles. The number of nitrogens with zero attached hydrogens (tertiary/aromatic N) is 3. The molecule has 0 aromatic carbocycles. The van der Waals surface area contributed by atoms with Crippen LogP contribution in [0, 0.1) is 6.92 Å². The highest BCUT2D eigenvalue weighted by atomic mass is 16.5.